The minimum Gasteiger partial charge on any atom is -0.458 e. The molecule has 1 rings (SSSR count). The average molecular weight is 210 g/mol. The number of aryl methyl sites for hydroxylation is 2. The average Bonchev–Trinajstić information content (AvgIpc) is 2.12. The second-order valence-electron chi connectivity index (χ2n) is 3.03. The number of benzene rings is 1. The Morgan fingerprint density at radius 3 is 2.64 bits per heavy atom. The second-order valence-corrected chi connectivity index (χ2v) is 4.04. The molecule has 0 aromatic heterocycles. The van der Waals surface area contributed by atoms with Gasteiger partial charge in [-0.05, 0) is 55.8 Å². The first-order chi connectivity index (χ1) is 6.63. The van der Waals surface area contributed by atoms with Gasteiger partial charge >= 0.3 is 5.30 Å². The molecule has 0 amide bonds. The van der Waals surface area contributed by atoms with Gasteiger partial charge in [0.1, 0.15) is 0 Å². The van der Waals surface area contributed by atoms with Crippen molar-refractivity contribution in [1.82, 2.24) is 0 Å². The lowest BCUT2D eigenvalue weighted by Crippen LogP contribution is -1.95. The number of hydrogen-bond acceptors (Lipinski definition) is 3. The highest BCUT2D eigenvalue weighted by Gasteiger charge is 2.05. The Bertz CT molecular complexity index is 334. The highest BCUT2D eigenvalue weighted by atomic mass is 32.2. The molecule has 1 aromatic carbocycles. The lowest BCUT2D eigenvalue weighted by molar-refractivity contribution is 0.181. The van der Waals surface area contributed by atoms with E-state index in [1.807, 2.05) is 32.0 Å². The molecule has 1 aromatic rings. The van der Waals surface area contributed by atoms with E-state index in [1.165, 1.54) is 11.1 Å². The third kappa shape index (κ3) is 3.07. The topological polar surface area (TPSA) is 26.3 Å². The molecular weight excluding hydrogens is 196 g/mol. The molecule has 0 saturated carbocycles. The van der Waals surface area contributed by atoms with Crippen LogP contribution in [0.4, 0.5) is 4.79 Å². The molecule has 3 heteroatoms. The van der Waals surface area contributed by atoms with Crippen LogP contribution in [0.15, 0.2) is 23.1 Å². The Labute approximate surface area is 88.7 Å². The van der Waals surface area contributed by atoms with Gasteiger partial charge in [0.05, 0.1) is 6.61 Å². The quantitative estimate of drug-likeness (QED) is 0.551. The monoisotopic (exact) mass is 210 g/mol. The van der Waals surface area contributed by atoms with Crippen molar-refractivity contribution in [3.05, 3.63) is 29.3 Å². The number of hydrogen-bond donors (Lipinski definition) is 0. The molecule has 0 N–H and O–H groups in total. The van der Waals surface area contributed by atoms with Crippen LogP contribution in [0.3, 0.4) is 0 Å². The molecule has 0 saturated heterocycles. The molecule has 0 radical (unpaired) electrons. The van der Waals surface area contributed by atoms with E-state index in [-0.39, 0.29) is 5.30 Å². The van der Waals surface area contributed by atoms with Crippen LogP contribution in [0.2, 0.25) is 0 Å². The molecule has 2 nitrogen and oxygen atoms in total. The Morgan fingerprint density at radius 2 is 2.07 bits per heavy atom. The van der Waals surface area contributed by atoms with Gasteiger partial charge < -0.3 is 4.74 Å². The van der Waals surface area contributed by atoms with E-state index in [4.69, 9.17) is 4.74 Å². The van der Waals surface area contributed by atoms with E-state index in [0.29, 0.717) is 6.61 Å². The van der Waals surface area contributed by atoms with Gasteiger partial charge in [-0.1, -0.05) is 6.07 Å². The molecular formula is C11H14O2S. The zero-order valence-electron chi connectivity index (χ0n) is 8.66. The Hall–Kier alpha value is -0.960. The molecule has 0 aliphatic rings. The Kier molecular flexibility index (Phi) is 4.01. The Morgan fingerprint density at radius 1 is 1.36 bits per heavy atom. The zero-order valence-corrected chi connectivity index (χ0v) is 9.48. The Balaban J connectivity index is 2.68. The predicted molar refractivity (Wildman–Crippen MR) is 58.8 cm³/mol. The van der Waals surface area contributed by atoms with Gasteiger partial charge in [0.15, 0.2) is 0 Å². The summed E-state index contributed by atoms with van der Waals surface area (Å²) >= 11 is 1.13. The van der Waals surface area contributed by atoms with E-state index in [2.05, 4.69) is 0 Å². The van der Waals surface area contributed by atoms with E-state index in [0.717, 1.165) is 16.7 Å². The summed E-state index contributed by atoms with van der Waals surface area (Å²) in [5, 5.41) is -0.240. The molecule has 0 fully saturated rings. The standard InChI is InChI=1S/C11H14O2S/c1-4-13-11(12)14-10-6-5-8(2)9(3)7-10/h5-7H,4H2,1-3H3. The van der Waals surface area contributed by atoms with Crippen molar-refractivity contribution >= 4 is 17.1 Å². The SMILES string of the molecule is CCOC(=O)Sc1ccc(C)c(C)c1. The lowest BCUT2D eigenvalue weighted by Gasteiger charge is -2.04. The summed E-state index contributed by atoms with van der Waals surface area (Å²) in [5.74, 6) is 0. The summed E-state index contributed by atoms with van der Waals surface area (Å²) < 4.78 is 4.84. The molecule has 0 heterocycles. The van der Waals surface area contributed by atoms with Gasteiger partial charge in [-0.25, -0.2) is 4.79 Å². The molecule has 0 aliphatic heterocycles. The highest BCUT2D eigenvalue weighted by molar-refractivity contribution is 8.13. The zero-order chi connectivity index (χ0) is 10.6. The normalized spacial score (nSPS) is 9.93. The number of carbonyl (C=O) groups excluding carboxylic acids is 1. The smallest absolute Gasteiger partial charge is 0.372 e. The van der Waals surface area contributed by atoms with Crippen molar-refractivity contribution in [3.63, 3.8) is 0 Å². The highest BCUT2D eigenvalue weighted by Crippen LogP contribution is 2.22. The van der Waals surface area contributed by atoms with Gasteiger partial charge in [0.2, 0.25) is 0 Å². The van der Waals surface area contributed by atoms with E-state index in [9.17, 15) is 4.79 Å². The van der Waals surface area contributed by atoms with Gasteiger partial charge in [0.25, 0.3) is 0 Å². The molecule has 0 atom stereocenters. The van der Waals surface area contributed by atoms with Crippen LogP contribution in [0, 0.1) is 13.8 Å². The molecule has 0 spiro atoms. The van der Waals surface area contributed by atoms with Crippen LogP contribution < -0.4 is 0 Å². The molecule has 76 valence electrons. The summed E-state index contributed by atoms with van der Waals surface area (Å²) in [6, 6.07) is 5.94. The fourth-order valence-corrected chi connectivity index (χ4v) is 1.76. The van der Waals surface area contributed by atoms with Crippen molar-refractivity contribution in [2.75, 3.05) is 6.61 Å². The third-order valence-corrected chi connectivity index (χ3v) is 2.72. The van der Waals surface area contributed by atoms with Crippen molar-refractivity contribution in [2.24, 2.45) is 0 Å². The van der Waals surface area contributed by atoms with Crippen LogP contribution in [0.1, 0.15) is 18.1 Å². The summed E-state index contributed by atoms with van der Waals surface area (Å²) in [4.78, 5) is 12.1. The first-order valence-corrected chi connectivity index (χ1v) is 5.37. The van der Waals surface area contributed by atoms with Gasteiger partial charge in [-0.15, -0.1) is 0 Å². The van der Waals surface area contributed by atoms with E-state index >= 15 is 0 Å². The summed E-state index contributed by atoms with van der Waals surface area (Å²) in [5.41, 5.74) is 2.43. The van der Waals surface area contributed by atoms with Crippen molar-refractivity contribution < 1.29 is 9.53 Å². The number of thioether (sulfide) groups is 1. The van der Waals surface area contributed by atoms with Crippen molar-refractivity contribution in [2.45, 2.75) is 25.7 Å². The summed E-state index contributed by atoms with van der Waals surface area (Å²) in [7, 11) is 0. The fraction of sp³-hybridized carbons (Fsp3) is 0.364. The number of ether oxygens (including phenoxy) is 1. The van der Waals surface area contributed by atoms with Gasteiger partial charge in [-0.2, -0.15) is 0 Å². The van der Waals surface area contributed by atoms with Gasteiger partial charge in [0, 0.05) is 4.90 Å². The van der Waals surface area contributed by atoms with Crippen molar-refractivity contribution in [1.29, 1.82) is 0 Å². The van der Waals surface area contributed by atoms with Crippen LogP contribution in [0.5, 0.6) is 0 Å². The predicted octanol–water partition coefficient (Wildman–Crippen LogP) is 3.55. The largest absolute Gasteiger partial charge is 0.458 e. The molecule has 0 bridgehead atoms. The van der Waals surface area contributed by atoms with Crippen LogP contribution in [-0.4, -0.2) is 11.9 Å². The first kappa shape index (κ1) is 11.1. The van der Waals surface area contributed by atoms with Crippen LogP contribution in [0.25, 0.3) is 0 Å². The lowest BCUT2D eigenvalue weighted by atomic mass is 10.1. The minimum atomic E-state index is -0.240. The van der Waals surface area contributed by atoms with E-state index in [1.54, 1.807) is 6.92 Å². The summed E-state index contributed by atoms with van der Waals surface area (Å²) in [6.45, 7) is 6.31. The van der Waals surface area contributed by atoms with Crippen molar-refractivity contribution in [3.8, 4) is 0 Å². The van der Waals surface area contributed by atoms with Crippen LogP contribution >= 0.6 is 11.8 Å². The van der Waals surface area contributed by atoms with Gasteiger partial charge in [-0.3, -0.25) is 0 Å². The maximum absolute atomic E-state index is 11.1. The summed E-state index contributed by atoms with van der Waals surface area (Å²) in [6.07, 6.45) is 0. The third-order valence-electron chi connectivity index (χ3n) is 1.94. The second kappa shape index (κ2) is 5.05. The first-order valence-electron chi connectivity index (χ1n) is 4.55. The molecule has 0 unspecified atom stereocenters. The maximum Gasteiger partial charge on any atom is 0.372 e. The number of carbonyl (C=O) groups is 1. The molecule has 0 aliphatic carbocycles. The maximum atomic E-state index is 11.1. The minimum absolute atomic E-state index is 0.240. The fourth-order valence-electron chi connectivity index (χ4n) is 1.02. The number of rotatable bonds is 2. The van der Waals surface area contributed by atoms with Crippen LogP contribution in [-0.2, 0) is 4.74 Å². The van der Waals surface area contributed by atoms with E-state index < -0.39 is 0 Å². The molecule has 14 heavy (non-hydrogen) atoms.